The van der Waals surface area contributed by atoms with Crippen LogP contribution in [0.15, 0.2) is 48.5 Å². The first-order valence-electron chi connectivity index (χ1n) is 11.3. The fourth-order valence-electron chi connectivity index (χ4n) is 3.54. The summed E-state index contributed by atoms with van der Waals surface area (Å²) >= 11 is 0. The minimum absolute atomic E-state index is 0.0555. The number of carbonyl (C=O) groups excluding carboxylic acids is 5. The Hall–Kier alpha value is -4.21. The topological polar surface area (TPSA) is 131 Å². The van der Waals surface area contributed by atoms with E-state index in [0.717, 1.165) is 10.6 Å². The van der Waals surface area contributed by atoms with Gasteiger partial charge in [-0.25, -0.2) is 4.79 Å². The van der Waals surface area contributed by atoms with Crippen molar-refractivity contribution in [1.29, 1.82) is 0 Å². The molecule has 1 aliphatic heterocycles. The summed E-state index contributed by atoms with van der Waals surface area (Å²) < 4.78 is 9.66. The largest absolute Gasteiger partial charge is 0.465 e. The Labute approximate surface area is 208 Å². The van der Waals surface area contributed by atoms with Gasteiger partial charge in [-0.15, -0.1) is 0 Å². The van der Waals surface area contributed by atoms with Crippen molar-refractivity contribution in [2.75, 3.05) is 25.6 Å². The van der Waals surface area contributed by atoms with Crippen molar-refractivity contribution in [3.63, 3.8) is 0 Å². The minimum atomic E-state index is -0.812. The summed E-state index contributed by atoms with van der Waals surface area (Å²) in [5.74, 6) is -3.50. The number of hydrogen-bond acceptors (Lipinski definition) is 7. The van der Waals surface area contributed by atoms with Gasteiger partial charge in [0.15, 0.2) is 6.61 Å². The molecule has 0 aliphatic carbocycles. The number of nitrogens with one attached hydrogen (secondary N) is 2. The van der Waals surface area contributed by atoms with Gasteiger partial charge in [0.2, 0.25) is 5.91 Å². The van der Waals surface area contributed by atoms with Crippen LogP contribution in [-0.2, 0) is 29.3 Å². The molecule has 2 aromatic carbocycles. The quantitative estimate of drug-likeness (QED) is 0.564. The Morgan fingerprint density at radius 2 is 1.58 bits per heavy atom. The molecular weight excluding hydrogens is 466 g/mol. The van der Waals surface area contributed by atoms with Gasteiger partial charge in [-0.05, 0) is 47.4 Å². The lowest BCUT2D eigenvalue weighted by Gasteiger charge is -2.20. The zero-order valence-electron chi connectivity index (χ0n) is 20.6. The van der Waals surface area contributed by atoms with Crippen LogP contribution in [0, 0.1) is 5.92 Å². The molecule has 1 heterocycles. The first-order valence-corrected chi connectivity index (χ1v) is 11.3. The molecule has 0 spiro atoms. The van der Waals surface area contributed by atoms with E-state index in [2.05, 4.69) is 36.3 Å². The van der Waals surface area contributed by atoms with Crippen molar-refractivity contribution in [1.82, 2.24) is 10.4 Å². The Bertz CT molecular complexity index is 1150. The highest BCUT2D eigenvalue weighted by molar-refractivity contribution is 5.97. The van der Waals surface area contributed by atoms with Crippen molar-refractivity contribution in [2.45, 2.75) is 32.6 Å². The molecule has 36 heavy (non-hydrogen) atoms. The molecule has 0 bridgehead atoms. The number of benzene rings is 2. The fraction of sp³-hybridized carbons (Fsp3) is 0.346. The number of esters is 2. The maximum atomic E-state index is 12.5. The normalized spacial score (nSPS) is 15.3. The third-order valence-electron chi connectivity index (χ3n) is 5.64. The number of rotatable bonds is 7. The van der Waals surface area contributed by atoms with Gasteiger partial charge in [-0.3, -0.25) is 29.6 Å². The molecule has 0 unspecified atom stereocenters. The van der Waals surface area contributed by atoms with E-state index >= 15 is 0 Å². The highest BCUT2D eigenvalue weighted by Gasteiger charge is 2.36. The first kappa shape index (κ1) is 26.4. The second-order valence-corrected chi connectivity index (χ2v) is 9.40. The molecule has 1 saturated heterocycles. The average molecular weight is 496 g/mol. The second kappa shape index (κ2) is 11.0. The van der Waals surface area contributed by atoms with E-state index in [1.54, 1.807) is 12.1 Å². The number of methoxy groups -OCH3 is 1. The second-order valence-electron chi connectivity index (χ2n) is 9.40. The van der Waals surface area contributed by atoms with Gasteiger partial charge in [0.05, 0.1) is 25.1 Å². The molecule has 10 heteroatoms. The van der Waals surface area contributed by atoms with E-state index in [0.29, 0.717) is 16.8 Å². The SMILES string of the molecule is COC(=O)c1ccc(NC(=O)COC(=O)[C@@H]2CC(=O)N(NC(=O)c3ccc(C(C)(C)C)cc3)C2)cc1. The van der Waals surface area contributed by atoms with Crippen LogP contribution in [0.4, 0.5) is 5.69 Å². The number of hydrazine groups is 1. The van der Waals surface area contributed by atoms with Crippen LogP contribution < -0.4 is 10.7 Å². The highest BCUT2D eigenvalue weighted by Crippen LogP contribution is 2.23. The van der Waals surface area contributed by atoms with Crippen LogP contribution in [0.2, 0.25) is 0 Å². The maximum Gasteiger partial charge on any atom is 0.337 e. The van der Waals surface area contributed by atoms with E-state index in [4.69, 9.17) is 4.74 Å². The predicted octanol–water partition coefficient (Wildman–Crippen LogP) is 2.45. The van der Waals surface area contributed by atoms with Crippen LogP contribution in [0.25, 0.3) is 0 Å². The standard InChI is InChI=1S/C26H29N3O7/c1-26(2,3)19-9-5-16(6-10-19)23(32)28-29-14-18(13-22(29)31)25(34)36-15-21(30)27-20-11-7-17(8-12-20)24(33)35-4/h5-12,18H,13-15H2,1-4H3,(H,27,30)(H,28,32)/t18-/m1/s1. The molecule has 1 fully saturated rings. The number of hydrogen-bond donors (Lipinski definition) is 2. The maximum absolute atomic E-state index is 12.5. The summed E-state index contributed by atoms with van der Waals surface area (Å²) in [4.78, 5) is 60.8. The number of carbonyl (C=O) groups is 5. The van der Waals surface area contributed by atoms with Crippen LogP contribution in [0.3, 0.4) is 0 Å². The molecule has 0 aromatic heterocycles. The lowest BCUT2D eigenvalue weighted by molar-refractivity contribution is -0.151. The summed E-state index contributed by atoms with van der Waals surface area (Å²) in [5, 5.41) is 3.64. The van der Waals surface area contributed by atoms with Crippen molar-refractivity contribution < 1.29 is 33.4 Å². The zero-order valence-corrected chi connectivity index (χ0v) is 20.6. The smallest absolute Gasteiger partial charge is 0.337 e. The van der Waals surface area contributed by atoms with E-state index in [9.17, 15) is 24.0 Å². The van der Waals surface area contributed by atoms with E-state index in [-0.39, 0.29) is 18.4 Å². The third kappa shape index (κ3) is 6.68. The molecule has 10 nitrogen and oxygen atoms in total. The Kier molecular flexibility index (Phi) is 8.08. The Morgan fingerprint density at radius 3 is 2.17 bits per heavy atom. The highest BCUT2D eigenvalue weighted by atomic mass is 16.5. The van der Waals surface area contributed by atoms with Crippen molar-refractivity contribution in [2.24, 2.45) is 5.92 Å². The van der Waals surface area contributed by atoms with Crippen LogP contribution in [0.5, 0.6) is 0 Å². The first-order chi connectivity index (χ1) is 17.0. The Morgan fingerprint density at radius 1 is 0.972 bits per heavy atom. The molecule has 0 radical (unpaired) electrons. The van der Waals surface area contributed by atoms with Gasteiger partial charge in [-0.1, -0.05) is 32.9 Å². The van der Waals surface area contributed by atoms with Gasteiger partial charge in [0.1, 0.15) is 0 Å². The lowest BCUT2D eigenvalue weighted by Crippen LogP contribution is -2.43. The summed E-state index contributed by atoms with van der Waals surface area (Å²) in [7, 11) is 1.27. The molecule has 1 aliphatic rings. The van der Waals surface area contributed by atoms with Crippen molar-refractivity contribution in [3.8, 4) is 0 Å². The predicted molar refractivity (Wildman–Crippen MR) is 130 cm³/mol. The summed E-state index contributed by atoms with van der Waals surface area (Å²) in [5.41, 5.74) is 4.66. The molecule has 190 valence electrons. The molecule has 0 saturated carbocycles. The number of amides is 3. The molecule has 3 rings (SSSR count). The van der Waals surface area contributed by atoms with E-state index < -0.39 is 42.2 Å². The van der Waals surface area contributed by atoms with E-state index in [1.165, 1.54) is 31.4 Å². The fourth-order valence-corrected chi connectivity index (χ4v) is 3.54. The van der Waals surface area contributed by atoms with Crippen LogP contribution >= 0.6 is 0 Å². The van der Waals surface area contributed by atoms with Crippen molar-refractivity contribution >= 4 is 35.3 Å². The molecule has 3 amide bonds. The van der Waals surface area contributed by atoms with Crippen LogP contribution in [0.1, 0.15) is 53.5 Å². The van der Waals surface area contributed by atoms with Gasteiger partial charge in [0.25, 0.3) is 11.8 Å². The minimum Gasteiger partial charge on any atom is -0.465 e. The number of ether oxygens (including phenoxy) is 2. The monoisotopic (exact) mass is 495 g/mol. The van der Waals surface area contributed by atoms with Crippen molar-refractivity contribution in [3.05, 3.63) is 65.2 Å². The van der Waals surface area contributed by atoms with Gasteiger partial charge < -0.3 is 14.8 Å². The summed E-state index contributed by atoms with van der Waals surface area (Å²) in [6, 6.07) is 13.1. The average Bonchev–Trinajstić information content (AvgIpc) is 3.22. The third-order valence-corrected chi connectivity index (χ3v) is 5.64. The molecule has 2 N–H and O–H groups in total. The molecule has 1 atom stereocenters. The van der Waals surface area contributed by atoms with Gasteiger partial charge in [0, 0.05) is 17.7 Å². The lowest BCUT2D eigenvalue weighted by atomic mass is 9.87. The van der Waals surface area contributed by atoms with Crippen LogP contribution in [-0.4, -0.2) is 54.9 Å². The number of nitrogens with zero attached hydrogens (tertiary/aromatic N) is 1. The summed E-state index contributed by atoms with van der Waals surface area (Å²) in [6.07, 6.45) is -0.140. The molecular formula is C26H29N3O7. The number of anilines is 1. The molecule has 2 aromatic rings. The summed E-state index contributed by atoms with van der Waals surface area (Å²) in [6.45, 7) is 5.60. The van der Waals surface area contributed by atoms with E-state index in [1.807, 2.05) is 12.1 Å². The van der Waals surface area contributed by atoms with Gasteiger partial charge in [-0.2, -0.15) is 0 Å². The zero-order chi connectivity index (χ0) is 26.5. The van der Waals surface area contributed by atoms with Gasteiger partial charge >= 0.3 is 11.9 Å². The Balaban J connectivity index is 1.47.